The Bertz CT molecular complexity index is 642. The molecule has 0 bridgehead atoms. The van der Waals surface area contributed by atoms with Gasteiger partial charge in [-0.1, -0.05) is 49.1 Å². The van der Waals surface area contributed by atoms with Gasteiger partial charge in [0.1, 0.15) is 23.6 Å². The van der Waals surface area contributed by atoms with E-state index in [0.717, 1.165) is 17.0 Å². The molecule has 1 aliphatic carbocycles. The SMILES string of the molecule is NOC(c1ccc(OCc2cccc(Cl)n2)cc1)C1CCCCC1. The second-order valence-electron chi connectivity index (χ2n) is 6.26. The zero-order chi connectivity index (χ0) is 16.8. The smallest absolute Gasteiger partial charge is 0.130 e. The first-order valence-corrected chi connectivity index (χ1v) is 8.84. The van der Waals surface area contributed by atoms with Gasteiger partial charge in [-0.25, -0.2) is 10.9 Å². The molecular formula is C19H23ClN2O2. The van der Waals surface area contributed by atoms with Gasteiger partial charge in [-0.05, 0) is 48.6 Å². The van der Waals surface area contributed by atoms with Crippen LogP contribution in [0.3, 0.4) is 0 Å². The van der Waals surface area contributed by atoms with E-state index in [4.69, 9.17) is 27.1 Å². The summed E-state index contributed by atoms with van der Waals surface area (Å²) in [5, 5.41) is 0.474. The molecule has 4 nitrogen and oxygen atoms in total. The Hall–Kier alpha value is -1.62. The Balaban J connectivity index is 1.61. The third-order valence-corrected chi connectivity index (χ3v) is 4.80. The van der Waals surface area contributed by atoms with Crippen molar-refractivity contribution in [3.8, 4) is 5.75 Å². The number of ether oxygens (including phenoxy) is 1. The zero-order valence-electron chi connectivity index (χ0n) is 13.7. The number of aromatic nitrogens is 1. The first-order valence-electron chi connectivity index (χ1n) is 8.46. The van der Waals surface area contributed by atoms with E-state index in [1.807, 2.05) is 36.4 Å². The fourth-order valence-corrected chi connectivity index (χ4v) is 3.52. The van der Waals surface area contributed by atoms with Crippen LogP contribution < -0.4 is 10.6 Å². The van der Waals surface area contributed by atoms with Gasteiger partial charge in [-0.2, -0.15) is 0 Å². The molecule has 3 rings (SSSR count). The molecule has 0 spiro atoms. The molecule has 5 heteroatoms. The van der Waals surface area contributed by atoms with Gasteiger partial charge in [0.05, 0.1) is 5.69 Å². The minimum atomic E-state index is -0.0334. The summed E-state index contributed by atoms with van der Waals surface area (Å²) in [6, 6.07) is 13.5. The number of halogens is 1. The largest absolute Gasteiger partial charge is 0.487 e. The molecule has 0 saturated heterocycles. The van der Waals surface area contributed by atoms with Crippen LogP contribution in [0.5, 0.6) is 5.75 Å². The molecule has 1 saturated carbocycles. The maximum atomic E-state index is 5.88. The molecule has 2 aromatic rings. The Morgan fingerprint density at radius 1 is 1.08 bits per heavy atom. The zero-order valence-corrected chi connectivity index (χ0v) is 14.4. The fourth-order valence-electron chi connectivity index (χ4n) is 3.34. The predicted molar refractivity (Wildman–Crippen MR) is 94.6 cm³/mol. The number of nitrogens with zero attached hydrogens (tertiary/aromatic N) is 1. The van der Waals surface area contributed by atoms with Crippen LogP contribution in [-0.4, -0.2) is 4.98 Å². The van der Waals surface area contributed by atoms with Crippen LogP contribution in [0, 0.1) is 5.92 Å². The average molecular weight is 347 g/mol. The molecule has 0 amide bonds. The molecule has 1 aliphatic rings. The second kappa shape index (κ2) is 8.47. The van der Waals surface area contributed by atoms with E-state index < -0.39 is 0 Å². The summed E-state index contributed by atoms with van der Waals surface area (Å²) in [5.41, 5.74) is 1.91. The maximum absolute atomic E-state index is 5.88. The van der Waals surface area contributed by atoms with Crippen molar-refractivity contribution < 1.29 is 9.57 Å². The van der Waals surface area contributed by atoms with E-state index in [-0.39, 0.29) is 6.10 Å². The number of pyridine rings is 1. The monoisotopic (exact) mass is 346 g/mol. The van der Waals surface area contributed by atoms with Gasteiger partial charge in [-0.15, -0.1) is 0 Å². The van der Waals surface area contributed by atoms with Crippen LogP contribution in [0.2, 0.25) is 5.15 Å². The van der Waals surface area contributed by atoms with E-state index in [9.17, 15) is 0 Å². The highest BCUT2D eigenvalue weighted by atomic mass is 35.5. The number of rotatable bonds is 6. The Kier molecular flexibility index (Phi) is 6.07. The van der Waals surface area contributed by atoms with Crippen molar-refractivity contribution in [3.05, 3.63) is 58.9 Å². The molecule has 0 radical (unpaired) electrons. The molecule has 1 aromatic heterocycles. The van der Waals surface area contributed by atoms with Crippen LogP contribution >= 0.6 is 11.6 Å². The topological polar surface area (TPSA) is 57.4 Å². The highest BCUT2D eigenvalue weighted by Gasteiger charge is 2.25. The van der Waals surface area contributed by atoms with Crippen molar-refractivity contribution in [2.24, 2.45) is 11.8 Å². The Morgan fingerprint density at radius 2 is 1.83 bits per heavy atom. The summed E-state index contributed by atoms with van der Waals surface area (Å²) in [4.78, 5) is 9.51. The molecule has 1 fully saturated rings. The summed E-state index contributed by atoms with van der Waals surface area (Å²) in [6.45, 7) is 0.388. The highest BCUT2D eigenvalue weighted by Crippen LogP contribution is 2.36. The molecule has 0 aliphatic heterocycles. The van der Waals surface area contributed by atoms with Crippen LogP contribution in [0.25, 0.3) is 0 Å². The Morgan fingerprint density at radius 3 is 2.50 bits per heavy atom. The third-order valence-electron chi connectivity index (χ3n) is 4.59. The van der Waals surface area contributed by atoms with Crippen LogP contribution in [0.1, 0.15) is 49.5 Å². The van der Waals surface area contributed by atoms with Gasteiger partial charge in [0.2, 0.25) is 0 Å². The lowest BCUT2D eigenvalue weighted by Crippen LogP contribution is -2.21. The normalized spacial score (nSPS) is 16.8. The molecule has 2 N–H and O–H groups in total. The standard InChI is InChI=1S/C19H23ClN2O2/c20-18-8-4-7-16(22-18)13-23-17-11-9-15(10-12-17)19(24-21)14-5-2-1-3-6-14/h4,7-12,14,19H,1-3,5-6,13,21H2. The van der Waals surface area contributed by atoms with Gasteiger partial charge < -0.3 is 4.74 Å². The van der Waals surface area contributed by atoms with Crippen molar-refractivity contribution in [3.63, 3.8) is 0 Å². The lowest BCUT2D eigenvalue weighted by Gasteiger charge is -2.28. The van der Waals surface area contributed by atoms with Crippen LogP contribution in [0.4, 0.5) is 0 Å². The first kappa shape index (κ1) is 17.2. The molecular weight excluding hydrogens is 324 g/mol. The minimum absolute atomic E-state index is 0.0334. The lowest BCUT2D eigenvalue weighted by molar-refractivity contribution is -0.00278. The van der Waals surface area contributed by atoms with Gasteiger partial charge in [0.25, 0.3) is 0 Å². The van der Waals surface area contributed by atoms with Crippen molar-refractivity contribution in [2.45, 2.75) is 44.8 Å². The Labute approximate surface area is 147 Å². The summed E-state index contributed by atoms with van der Waals surface area (Å²) in [7, 11) is 0. The van der Waals surface area contributed by atoms with Crippen LogP contribution in [0.15, 0.2) is 42.5 Å². The average Bonchev–Trinajstić information content (AvgIpc) is 2.63. The highest BCUT2D eigenvalue weighted by molar-refractivity contribution is 6.29. The van der Waals surface area contributed by atoms with Crippen molar-refractivity contribution in [1.82, 2.24) is 4.98 Å². The summed E-state index contributed by atoms with van der Waals surface area (Å²) in [6.07, 6.45) is 6.17. The quantitative estimate of drug-likeness (QED) is 0.601. The van der Waals surface area contributed by atoms with Crippen molar-refractivity contribution >= 4 is 11.6 Å². The molecule has 1 aromatic carbocycles. The van der Waals surface area contributed by atoms with E-state index in [1.54, 1.807) is 6.07 Å². The van der Waals surface area contributed by atoms with E-state index in [1.165, 1.54) is 32.1 Å². The second-order valence-corrected chi connectivity index (χ2v) is 6.65. The van der Waals surface area contributed by atoms with Gasteiger partial charge in [-0.3, -0.25) is 4.84 Å². The molecule has 1 unspecified atom stereocenters. The first-order chi connectivity index (χ1) is 11.8. The number of hydrogen-bond donors (Lipinski definition) is 1. The molecule has 1 heterocycles. The number of hydrogen-bond acceptors (Lipinski definition) is 4. The third kappa shape index (κ3) is 4.47. The van der Waals surface area contributed by atoms with Gasteiger partial charge >= 0.3 is 0 Å². The van der Waals surface area contributed by atoms with E-state index in [0.29, 0.717) is 17.7 Å². The molecule has 128 valence electrons. The van der Waals surface area contributed by atoms with Crippen molar-refractivity contribution in [2.75, 3.05) is 0 Å². The molecule has 24 heavy (non-hydrogen) atoms. The summed E-state index contributed by atoms with van der Waals surface area (Å²) >= 11 is 5.88. The summed E-state index contributed by atoms with van der Waals surface area (Å²) < 4.78 is 5.77. The lowest BCUT2D eigenvalue weighted by atomic mass is 9.83. The van der Waals surface area contributed by atoms with Crippen molar-refractivity contribution in [1.29, 1.82) is 0 Å². The van der Waals surface area contributed by atoms with E-state index >= 15 is 0 Å². The maximum Gasteiger partial charge on any atom is 0.130 e. The predicted octanol–water partition coefficient (Wildman–Crippen LogP) is 4.83. The number of nitrogens with two attached hydrogens (primary N) is 1. The molecule has 1 atom stereocenters. The summed E-state index contributed by atoms with van der Waals surface area (Å²) in [5.74, 6) is 6.87. The fraction of sp³-hybridized carbons (Fsp3) is 0.421. The van der Waals surface area contributed by atoms with E-state index in [2.05, 4.69) is 4.98 Å². The van der Waals surface area contributed by atoms with Gasteiger partial charge in [0, 0.05) is 0 Å². The van der Waals surface area contributed by atoms with Crippen LogP contribution in [-0.2, 0) is 11.4 Å². The number of benzene rings is 1. The van der Waals surface area contributed by atoms with Gasteiger partial charge in [0.15, 0.2) is 0 Å². The minimum Gasteiger partial charge on any atom is -0.487 e.